The second-order valence-corrected chi connectivity index (χ2v) is 8.93. The van der Waals surface area contributed by atoms with E-state index in [0.717, 1.165) is 38.4 Å². The van der Waals surface area contributed by atoms with Crippen LogP contribution in [-0.2, 0) is 21.3 Å². The second kappa shape index (κ2) is 9.86. The minimum Gasteiger partial charge on any atom is -0.379 e. The van der Waals surface area contributed by atoms with E-state index >= 15 is 0 Å². The van der Waals surface area contributed by atoms with Crippen LogP contribution < -0.4 is 10.0 Å². The third-order valence-electron chi connectivity index (χ3n) is 4.91. The number of nitrogens with one attached hydrogen (secondary N) is 2. The molecule has 0 bridgehead atoms. The zero-order valence-corrected chi connectivity index (χ0v) is 18.1. The molecule has 1 aliphatic heterocycles. The number of carbonyl (C=O) groups is 1. The first-order chi connectivity index (χ1) is 15.5. The molecule has 2 aromatic carbocycles. The number of rotatable bonds is 7. The minimum absolute atomic E-state index is 0.0122. The fraction of sp³-hybridized carbons (Fsp3) is 0.227. The van der Waals surface area contributed by atoms with Crippen molar-refractivity contribution >= 4 is 27.6 Å². The normalized spacial score (nSPS) is 14.6. The van der Waals surface area contributed by atoms with E-state index < -0.39 is 10.0 Å². The highest BCUT2D eigenvalue weighted by Gasteiger charge is 2.16. The molecule has 1 aliphatic rings. The van der Waals surface area contributed by atoms with Gasteiger partial charge in [0.1, 0.15) is 0 Å². The Balaban J connectivity index is 1.40. The van der Waals surface area contributed by atoms with E-state index in [1.165, 1.54) is 36.7 Å². The number of sulfonamides is 1. The van der Waals surface area contributed by atoms with Gasteiger partial charge in [0.15, 0.2) is 0 Å². The van der Waals surface area contributed by atoms with Gasteiger partial charge in [0, 0.05) is 43.3 Å². The quantitative estimate of drug-likeness (QED) is 0.565. The van der Waals surface area contributed by atoms with Crippen LogP contribution in [-0.4, -0.2) is 55.5 Å². The Labute approximate surface area is 186 Å². The first-order valence-corrected chi connectivity index (χ1v) is 11.6. The van der Waals surface area contributed by atoms with Gasteiger partial charge in [-0.3, -0.25) is 9.69 Å². The third-order valence-corrected chi connectivity index (χ3v) is 6.26. The van der Waals surface area contributed by atoms with Crippen LogP contribution >= 0.6 is 0 Å². The molecule has 2 N–H and O–H groups in total. The number of carbonyl (C=O) groups excluding carboxylic acids is 1. The third kappa shape index (κ3) is 5.67. The molecule has 0 aliphatic carbocycles. The Bertz CT molecular complexity index is 1160. The van der Waals surface area contributed by atoms with E-state index in [2.05, 4.69) is 24.9 Å². The van der Waals surface area contributed by atoms with Crippen LogP contribution in [0.5, 0.6) is 0 Å². The molecule has 1 fully saturated rings. The number of aromatic nitrogens is 2. The van der Waals surface area contributed by atoms with Crippen molar-refractivity contribution < 1.29 is 17.9 Å². The number of ether oxygens (including phenoxy) is 1. The Kier molecular flexibility index (Phi) is 6.74. The predicted octanol–water partition coefficient (Wildman–Crippen LogP) is 2.36. The average molecular weight is 454 g/mol. The highest BCUT2D eigenvalue weighted by molar-refractivity contribution is 7.92. The van der Waals surface area contributed by atoms with Crippen molar-refractivity contribution in [2.45, 2.75) is 11.4 Å². The van der Waals surface area contributed by atoms with Crippen molar-refractivity contribution in [2.75, 3.05) is 36.3 Å². The Morgan fingerprint density at radius 2 is 1.72 bits per heavy atom. The van der Waals surface area contributed by atoms with E-state index in [9.17, 15) is 13.2 Å². The number of benzene rings is 2. The van der Waals surface area contributed by atoms with Gasteiger partial charge >= 0.3 is 0 Å². The van der Waals surface area contributed by atoms with Gasteiger partial charge in [-0.15, -0.1) is 0 Å². The van der Waals surface area contributed by atoms with E-state index in [1.807, 2.05) is 18.2 Å². The molecular weight excluding hydrogens is 430 g/mol. The van der Waals surface area contributed by atoms with Gasteiger partial charge in [-0.05, 0) is 48.0 Å². The smallest absolute Gasteiger partial charge is 0.264 e. The summed E-state index contributed by atoms with van der Waals surface area (Å²) >= 11 is 0. The molecule has 0 spiro atoms. The topological polar surface area (TPSA) is 114 Å². The van der Waals surface area contributed by atoms with Crippen LogP contribution in [0.15, 0.2) is 71.9 Å². The van der Waals surface area contributed by atoms with Gasteiger partial charge in [-0.1, -0.05) is 12.1 Å². The van der Waals surface area contributed by atoms with Crippen molar-refractivity contribution in [1.29, 1.82) is 0 Å². The first-order valence-electron chi connectivity index (χ1n) is 10.1. The molecular formula is C22H23N5O4S. The summed E-state index contributed by atoms with van der Waals surface area (Å²) in [5.41, 5.74) is 2.08. The van der Waals surface area contributed by atoms with Crippen LogP contribution in [0.1, 0.15) is 15.9 Å². The van der Waals surface area contributed by atoms with Crippen LogP contribution in [0.3, 0.4) is 0 Å². The molecule has 1 amide bonds. The van der Waals surface area contributed by atoms with Crippen molar-refractivity contribution in [2.24, 2.45) is 0 Å². The standard InChI is InChI=1S/C22H23N5O4S/c28-21(18-4-1-3-17(15-18)16-27-11-13-31-14-12-27)25-19-5-7-20(8-6-19)32(29,30)26-22-23-9-2-10-24-22/h1-10,15H,11-14,16H2,(H,25,28)(H,23,24,26). The summed E-state index contributed by atoms with van der Waals surface area (Å²) in [6.07, 6.45) is 2.89. The van der Waals surface area contributed by atoms with Crippen LogP contribution in [0, 0.1) is 0 Å². The summed E-state index contributed by atoms with van der Waals surface area (Å²) in [5, 5.41) is 2.80. The lowest BCUT2D eigenvalue weighted by Crippen LogP contribution is -2.35. The number of hydrogen-bond acceptors (Lipinski definition) is 7. The summed E-state index contributed by atoms with van der Waals surface area (Å²) in [6.45, 7) is 3.95. The first kappa shape index (κ1) is 21.9. The van der Waals surface area contributed by atoms with Crippen LogP contribution in [0.25, 0.3) is 0 Å². The maximum absolute atomic E-state index is 12.7. The molecule has 0 unspecified atom stereocenters. The van der Waals surface area contributed by atoms with Gasteiger partial charge in [-0.25, -0.2) is 23.1 Å². The lowest BCUT2D eigenvalue weighted by Gasteiger charge is -2.26. The number of nitrogens with zero attached hydrogens (tertiary/aromatic N) is 3. The van der Waals surface area contributed by atoms with Crippen LogP contribution in [0.4, 0.5) is 11.6 Å². The fourth-order valence-electron chi connectivity index (χ4n) is 3.28. The summed E-state index contributed by atoms with van der Waals surface area (Å²) in [5.74, 6) is -0.276. The van der Waals surface area contributed by atoms with E-state index in [0.29, 0.717) is 11.3 Å². The minimum atomic E-state index is -3.83. The zero-order valence-electron chi connectivity index (χ0n) is 17.3. The van der Waals surface area contributed by atoms with Gasteiger partial charge < -0.3 is 10.1 Å². The largest absolute Gasteiger partial charge is 0.379 e. The monoisotopic (exact) mass is 453 g/mol. The molecule has 166 valence electrons. The molecule has 10 heteroatoms. The Morgan fingerprint density at radius 3 is 2.44 bits per heavy atom. The number of anilines is 2. The molecule has 9 nitrogen and oxygen atoms in total. The maximum atomic E-state index is 12.7. The maximum Gasteiger partial charge on any atom is 0.264 e. The Morgan fingerprint density at radius 1 is 1.00 bits per heavy atom. The molecule has 2 heterocycles. The summed E-state index contributed by atoms with van der Waals surface area (Å²) in [6, 6.07) is 15.0. The van der Waals surface area contributed by atoms with Crippen molar-refractivity contribution in [1.82, 2.24) is 14.9 Å². The van der Waals surface area contributed by atoms with Gasteiger partial charge in [0.2, 0.25) is 5.95 Å². The second-order valence-electron chi connectivity index (χ2n) is 7.25. The average Bonchev–Trinajstić information content (AvgIpc) is 2.81. The Hall–Kier alpha value is -3.34. The SMILES string of the molecule is O=C(Nc1ccc(S(=O)(=O)Nc2ncccn2)cc1)c1cccc(CN2CCOCC2)c1. The summed E-state index contributed by atoms with van der Waals surface area (Å²) in [4.78, 5) is 22.7. The van der Waals surface area contributed by atoms with Crippen molar-refractivity contribution in [3.05, 3.63) is 78.1 Å². The lowest BCUT2D eigenvalue weighted by atomic mass is 10.1. The van der Waals surface area contributed by atoms with Crippen molar-refractivity contribution in [3.8, 4) is 0 Å². The summed E-state index contributed by atoms with van der Waals surface area (Å²) in [7, 11) is -3.83. The molecule has 0 radical (unpaired) electrons. The molecule has 0 saturated carbocycles. The van der Waals surface area contributed by atoms with Crippen LogP contribution in [0.2, 0.25) is 0 Å². The molecule has 3 aromatic rings. The van der Waals surface area contributed by atoms with Crippen molar-refractivity contribution in [3.63, 3.8) is 0 Å². The van der Waals surface area contributed by atoms with E-state index in [4.69, 9.17) is 4.74 Å². The number of hydrogen-bond donors (Lipinski definition) is 2. The lowest BCUT2D eigenvalue weighted by molar-refractivity contribution is 0.0342. The van der Waals surface area contributed by atoms with E-state index in [1.54, 1.807) is 12.1 Å². The summed E-state index contributed by atoms with van der Waals surface area (Å²) < 4.78 is 32.6. The number of amides is 1. The highest BCUT2D eigenvalue weighted by Crippen LogP contribution is 2.18. The molecule has 0 atom stereocenters. The van der Waals surface area contributed by atoms with E-state index in [-0.39, 0.29) is 16.8 Å². The highest BCUT2D eigenvalue weighted by atomic mass is 32.2. The predicted molar refractivity (Wildman–Crippen MR) is 120 cm³/mol. The fourth-order valence-corrected chi connectivity index (χ4v) is 4.24. The number of morpholine rings is 1. The van der Waals surface area contributed by atoms with Gasteiger partial charge in [0.05, 0.1) is 18.1 Å². The zero-order chi connectivity index (χ0) is 22.4. The van der Waals surface area contributed by atoms with Gasteiger partial charge in [0.25, 0.3) is 15.9 Å². The molecule has 32 heavy (non-hydrogen) atoms. The van der Waals surface area contributed by atoms with Gasteiger partial charge in [-0.2, -0.15) is 0 Å². The molecule has 1 aromatic heterocycles. The molecule has 4 rings (SSSR count). The molecule has 1 saturated heterocycles.